The van der Waals surface area contributed by atoms with Crippen LogP contribution in [0.4, 0.5) is 15.8 Å². The van der Waals surface area contributed by atoms with E-state index in [1.807, 2.05) is 6.07 Å². The van der Waals surface area contributed by atoms with Crippen LogP contribution in [0.15, 0.2) is 70.5 Å². The van der Waals surface area contributed by atoms with E-state index in [9.17, 15) is 21.2 Å². The highest BCUT2D eigenvalue weighted by atomic mass is 32.2. The third kappa shape index (κ3) is 4.56. The van der Waals surface area contributed by atoms with Gasteiger partial charge >= 0.3 is 0 Å². The molecule has 3 aromatic carbocycles. The highest BCUT2D eigenvalue weighted by Gasteiger charge is 2.21. The number of halogens is 1. The van der Waals surface area contributed by atoms with Gasteiger partial charge in [0.2, 0.25) is 0 Å². The van der Waals surface area contributed by atoms with Crippen molar-refractivity contribution in [3.05, 3.63) is 77.6 Å². The van der Waals surface area contributed by atoms with Crippen molar-refractivity contribution in [1.29, 1.82) is 0 Å². The van der Waals surface area contributed by atoms with Gasteiger partial charge in [-0.25, -0.2) is 21.2 Å². The van der Waals surface area contributed by atoms with Gasteiger partial charge in [-0.15, -0.1) is 0 Å². The zero-order valence-corrected chi connectivity index (χ0v) is 18.8. The summed E-state index contributed by atoms with van der Waals surface area (Å²) in [6, 6.07) is 13.6. The van der Waals surface area contributed by atoms with Crippen LogP contribution in [-0.4, -0.2) is 23.9 Å². The summed E-state index contributed by atoms with van der Waals surface area (Å²) in [7, 11) is -6.58. The van der Waals surface area contributed by atoms with Crippen LogP contribution in [0.3, 0.4) is 0 Å². The second kappa shape index (κ2) is 8.44. The SMILES string of the molecule is COc1ccc(NS(=O)(=O)c2ccc3c(c2)CCC3)cc1NS(=O)(=O)c1ccc(F)cc1. The van der Waals surface area contributed by atoms with Crippen LogP contribution >= 0.6 is 0 Å². The maximum absolute atomic E-state index is 13.1. The highest BCUT2D eigenvalue weighted by molar-refractivity contribution is 7.93. The first-order valence-electron chi connectivity index (χ1n) is 9.79. The van der Waals surface area contributed by atoms with E-state index in [2.05, 4.69) is 9.44 Å². The zero-order chi connectivity index (χ0) is 22.9. The Balaban J connectivity index is 1.62. The van der Waals surface area contributed by atoms with Crippen molar-refractivity contribution >= 4 is 31.4 Å². The Labute approximate surface area is 186 Å². The summed E-state index contributed by atoms with van der Waals surface area (Å²) in [5.74, 6) is -0.374. The average Bonchev–Trinajstić information content (AvgIpc) is 3.22. The number of methoxy groups -OCH3 is 1. The maximum Gasteiger partial charge on any atom is 0.262 e. The van der Waals surface area contributed by atoms with Crippen LogP contribution in [0.2, 0.25) is 0 Å². The van der Waals surface area contributed by atoms with E-state index in [0.29, 0.717) is 0 Å². The molecule has 32 heavy (non-hydrogen) atoms. The molecule has 2 N–H and O–H groups in total. The predicted octanol–water partition coefficient (Wildman–Crippen LogP) is 3.92. The van der Waals surface area contributed by atoms with Crippen LogP contribution in [0.1, 0.15) is 17.5 Å². The minimum Gasteiger partial charge on any atom is -0.495 e. The summed E-state index contributed by atoms with van der Waals surface area (Å²) in [5.41, 5.74) is 2.37. The Morgan fingerprint density at radius 3 is 2.16 bits per heavy atom. The Morgan fingerprint density at radius 2 is 1.44 bits per heavy atom. The minimum atomic E-state index is -4.06. The van der Waals surface area contributed by atoms with Gasteiger partial charge in [0, 0.05) is 0 Å². The summed E-state index contributed by atoms with van der Waals surface area (Å²) in [4.78, 5) is -0.00695. The summed E-state index contributed by atoms with van der Waals surface area (Å²) in [6.07, 6.45) is 2.79. The fraction of sp³-hybridized carbons (Fsp3) is 0.182. The summed E-state index contributed by atoms with van der Waals surface area (Å²) in [6.45, 7) is 0. The molecule has 0 saturated carbocycles. The van der Waals surface area contributed by atoms with Gasteiger partial charge in [0.25, 0.3) is 20.0 Å². The number of benzene rings is 3. The van der Waals surface area contributed by atoms with E-state index in [1.54, 1.807) is 12.1 Å². The van der Waals surface area contributed by atoms with Crippen LogP contribution in [0.5, 0.6) is 5.75 Å². The number of anilines is 2. The van der Waals surface area contributed by atoms with Crippen molar-refractivity contribution in [1.82, 2.24) is 0 Å². The molecule has 0 bridgehead atoms. The molecule has 0 amide bonds. The first-order chi connectivity index (χ1) is 15.2. The van der Waals surface area contributed by atoms with Crippen LogP contribution in [0.25, 0.3) is 0 Å². The van der Waals surface area contributed by atoms with E-state index < -0.39 is 25.9 Å². The molecule has 0 heterocycles. The lowest BCUT2D eigenvalue weighted by Gasteiger charge is -2.15. The lowest BCUT2D eigenvalue weighted by molar-refractivity contribution is 0.417. The number of hydrogen-bond donors (Lipinski definition) is 2. The molecule has 4 rings (SSSR count). The summed E-state index contributed by atoms with van der Waals surface area (Å²) < 4.78 is 74.3. The fourth-order valence-corrected chi connectivity index (χ4v) is 5.76. The molecule has 0 atom stereocenters. The first kappa shape index (κ1) is 22.1. The number of nitrogens with one attached hydrogen (secondary N) is 2. The lowest BCUT2D eigenvalue weighted by Crippen LogP contribution is -2.15. The van der Waals surface area contributed by atoms with Crippen molar-refractivity contribution in [2.45, 2.75) is 29.1 Å². The van der Waals surface area contributed by atoms with E-state index in [4.69, 9.17) is 4.74 Å². The summed E-state index contributed by atoms with van der Waals surface area (Å²) >= 11 is 0. The van der Waals surface area contributed by atoms with Crippen molar-refractivity contribution < 1.29 is 26.0 Å². The molecule has 0 radical (unpaired) electrons. The third-order valence-corrected chi connectivity index (χ3v) is 7.96. The molecule has 0 aromatic heterocycles. The van der Waals surface area contributed by atoms with Crippen LogP contribution in [-0.2, 0) is 32.9 Å². The highest BCUT2D eigenvalue weighted by Crippen LogP contribution is 2.32. The second-order valence-corrected chi connectivity index (χ2v) is 10.7. The number of ether oxygens (including phenoxy) is 1. The van der Waals surface area contributed by atoms with Gasteiger partial charge in [0.05, 0.1) is 28.3 Å². The fourth-order valence-electron chi connectivity index (χ4n) is 3.60. The van der Waals surface area contributed by atoms with Crippen molar-refractivity contribution in [3.63, 3.8) is 0 Å². The molecule has 3 aromatic rings. The van der Waals surface area contributed by atoms with Gasteiger partial charge < -0.3 is 4.74 Å². The van der Waals surface area contributed by atoms with E-state index in [-0.39, 0.29) is 26.9 Å². The predicted molar refractivity (Wildman–Crippen MR) is 119 cm³/mol. The van der Waals surface area contributed by atoms with Gasteiger partial charge in [-0.3, -0.25) is 9.44 Å². The third-order valence-electron chi connectivity index (χ3n) is 5.20. The average molecular weight is 477 g/mol. The number of hydrogen-bond acceptors (Lipinski definition) is 5. The molecule has 0 unspecified atom stereocenters. The molecule has 0 fully saturated rings. The van der Waals surface area contributed by atoms with E-state index in [1.165, 1.54) is 25.3 Å². The molecule has 0 spiro atoms. The maximum atomic E-state index is 13.1. The number of fused-ring (bicyclic) bond motifs is 1. The van der Waals surface area contributed by atoms with Crippen molar-refractivity contribution in [2.24, 2.45) is 0 Å². The van der Waals surface area contributed by atoms with Crippen molar-refractivity contribution in [2.75, 3.05) is 16.6 Å². The molecule has 0 aliphatic heterocycles. The Kier molecular flexibility index (Phi) is 5.83. The standard InChI is InChI=1S/C22H21FN2O5S2/c1-30-22-12-8-18(14-21(22)25-31(26,27)19-10-6-17(23)7-11-19)24-32(28,29)20-9-5-15-3-2-4-16(15)13-20/h5-14,24-25H,2-4H2,1H3. The molecule has 7 nitrogen and oxygen atoms in total. The molecule has 0 saturated heterocycles. The van der Waals surface area contributed by atoms with Crippen LogP contribution < -0.4 is 14.2 Å². The molecule has 168 valence electrons. The molecule has 10 heteroatoms. The number of aryl methyl sites for hydroxylation is 2. The number of sulfonamides is 2. The van der Waals surface area contributed by atoms with Gasteiger partial charge in [-0.05, 0) is 85.0 Å². The van der Waals surface area contributed by atoms with Gasteiger partial charge in [0.15, 0.2) is 0 Å². The van der Waals surface area contributed by atoms with Crippen LogP contribution in [0, 0.1) is 5.82 Å². The lowest BCUT2D eigenvalue weighted by atomic mass is 10.1. The molecule has 1 aliphatic carbocycles. The quantitative estimate of drug-likeness (QED) is 0.538. The smallest absolute Gasteiger partial charge is 0.262 e. The second-order valence-electron chi connectivity index (χ2n) is 7.36. The Bertz CT molecular complexity index is 1370. The first-order valence-corrected chi connectivity index (χ1v) is 12.8. The van der Waals surface area contributed by atoms with Gasteiger partial charge in [-0.1, -0.05) is 6.07 Å². The monoisotopic (exact) mass is 476 g/mol. The molecular formula is C22H21FN2O5S2. The molecular weight excluding hydrogens is 455 g/mol. The van der Waals surface area contributed by atoms with Gasteiger partial charge in [-0.2, -0.15) is 0 Å². The normalized spacial score (nSPS) is 13.4. The van der Waals surface area contributed by atoms with Crippen molar-refractivity contribution in [3.8, 4) is 5.75 Å². The minimum absolute atomic E-state index is 0.0333. The zero-order valence-electron chi connectivity index (χ0n) is 17.1. The van der Waals surface area contributed by atoms with Gasteiger partial charge in [0.1, 0.15) is 11.6 Å². The Morgan fingerprint density at radius 1 is 0.781 bits per heavy atom. The topological polar surface area (TPSA) is 102 Å². The molecule has 1 aliphatic rings. The summed E-state index contributed by atoms with van der Waals surface area (Å²) in [5, 5.41) is 0. The van der Waals surface area contributed by atoms with E-state index in [0.717, 1.165) is 54.7 Å². The largest absolute Gasteiger partial charge is 0.495 e. The Hall–Kier alpha value is -3.11. The number of rotatable bonds is 7. The van der Waals surface area contributed by atoms with E-state index >= 15 is 0 Å².